The van der Waals surface area contributed by atoms with E-state index in [4.69, 9.17) is 9.52 Å². The van der Waals surface area contributed by atoms with Crippen LogP contribution in [0.3, 0.4) is 0 Å². The first-order valence-electron chi connectivity index (χ1n) is 10.2. The number of nitrogens with one attached hydrogen (secondary N) is 3. The summed E-state index contributed by atoms with van der Waals surface area (Å²) in [4.78, 5) is 12.8. The minimum absolute atomic E-state index is 0.0527. The highest BCUT2D eigenvalue weighted by atomic mass is 32.2. The summed E-state index contributed by atoms with van der Waals surface area (Å²) in [6.45, 7) is 3.05. The van der Waals surface area contributed by atoms with E-state index in [1.54, 1.807) is 4.68 Å². The van der Waals surface area contributed by atoms with Gasteiger partial charge in [-0.2, -0.15) is 5.10 Å². The van der Waals surface area contributed by atoms with Gasteiger partial charge in [0.15, 0.2) is 9.92 Å². The highest BCUT2D eigenvalue weighted by Gasteiger charge is 2.31. The van der Waals surface area contributed by atoms with Gasteiger partial charge in [0.2, 0.25) is 5.88 Å². The summed E-state index contributed by atoms with van der Waals surface area (Å²) in [6, 6.07) is 1.31. The number of aromatic nitrogens is 2. The van der Waals surface area contributed by atoms with Gasteiger partial charge in [0.25, 0.3) is 0 Å². The molecule has 160 valence electrons. The molecule has 3 atom stereocenters. The number of rotatable bonds is 3. The van der Waals surface area contributed by atoms with Gasteiger partial charge in [0.1, 0.15) is 11.1 Å². The van der Waals surface area contributed by atoms with Crippen LogP contribution in [-0.2, 0) is 42.1 Å². The number of urea groups is 1. The topological polar surface area (TPSA) is 109 Å². The Kier molecular flexibility index (Phi) is 4.49. The molecular formula is C20H24FN5O3S. The van der Waals surface area contributed by atoms with Gasteiger partial charge in [-0.1, -0.05) is 13.0 Å². The van der Waals surface area contributed by atoms with Crippen molar-refractivity contribution < 1.29 is 18.1 Å². The van der Waals surface area contributed by atoms with E-state index < -0.39 is 22.1 Å². The number of fused-ring (bicyclic) bond motifs is 3. The summed E-state index contributed by atoms with van der Waals surface area (Å²) in [5.74, 6) is 0.514. The highest BCUT2D eigenvalue weighted by Crippen LogP contribution is 2.39. The summed E-state index contributed by atoms with van der Waals surface area (Å²) < 4.78 is 44.8. The van der Waals surface area contributed by atoms with E-state index in [-0.39, 0.29) is 23.1 Å². The second kappa shape index (κ2) is 6.97. The lowest BCUT2D eigenvalue weighted by molar-refractivity contribution is 0.170. The first-order chi connectivity index (χ1) is 14.3. The number of hydrogen-bond acceptors (Lipinski definition) is 5. The Morgan fingerprint density at radius 1 is 1.33 bits per heavy atom. The summed E-state index contributed by atoms with van der Waals surface area (Å²) in [7, 11) is -3.68. The number of carbonyl (C=O) groups is 1. The Labute approximate surface area is 174 Å². The van der Waals surface area contributed by atoms with Crippen molar-refractivity contribution in [1.82, 2.24) is 14.5 Å². The number of ether oxygens (including phenoxy) is 1. The summed E-state index contributed by atoms with van der Waals surface area (Å²) in [6.07, 6.45) is 3.68. The normalized spacial score (nSPS) is 23.7. The molecule has 8 nitrogen and oxygen atoms in total. The third-order valence-corrected chi connectivity index (χ3v) is 7.37. The highest BCUT2D eigenvalue weighted by molar-refractivity contribution is 7.91. The molecule has 1 aliphatic heterocycles. The molecule has 0 unspecified atom stereocenters. The van der Waals surface area contributed by atoms with Gasteiger partial charge >= 0.3 is 6.03 Å². The number of alkyl halides is 1. The fraction of sp³-hybridized carbons (Fsp3) is 0.500. The van der Waals surface area contributed by atoms with Crippen LogP contribution in [0.4, 0.5) is 14.9 Å². The molecule has 2 aliphatic carbocycles. The molecule has 0 saturated carbocycles. The molecule has 0 fully saturated rings. The lowest BCUT2D eigenvalue weighted by Gasteiger charge is -2.22. The lowest BCUT2D eigenvalue weighted by atomic mass is 9.99. The lowest BCUT2D eigenvalue weighted by Crippen LogP contribution is -2.34. The minimum atomic E-state index is -3.68. The second-order valence-electron chi connectivity index (χ2n) is 8.41. The van der Waals surface area contributed by atoms with E-state index in [2.05, 4.69) is 21.2 Å². The first-order valence-corrected chi connectivity index (χ1v) is 11.7. The number of hydrogen-bond donors (Lipinski definition) is 3. The standard InChI is InChI=1S/C20H24FN5O3S/c1-11-9-26-19(29-10-11)17(8-23-26)30(22,28)25-20(27)24-18-15-4-2-3-12(15)5-13-6-14(21)7-16(13)18/h5,8,11,14H,2-4,6-7,9-10H2,1H3,(H3,22,24,25,27,28)/t11-,14-,30-/m0/s1. The first kappa shape index (κ1) is 19.3. The van der Waals surface area contributed by atoms with E-state index in [1.165, 1.54) is 6.20 Å². The monoisotopic (exact) mass is 433 g/mol. The van der Waals surface area contributed by atoms with E-state index in [0.717, 1.165) is 41.5 Å². The van der Waals surface area contributed by atoms with Crippen LogP contribution in [0.5, 0.6) is 5.88 Å². The minimum Gasteiger partial charge on any atom is -0.477 e. The molecule has 3 N–H and O–H groups in total. The molecule has 5 rings (SSSR count). The van der Waals surface area contributed by atoms with Gasteiger partial charge in [-0.3, -0.25) is 0 Å². The quantitative estimate of drug-likeness (QED) is 0.691. The van der Waals surface area contributed by atoms with E-state index in [1.807, 2.05) is 6.92 Å². The average Bonchev–Trinajstić information content (AvgIpc) is 3.37. The maximum atomic E-state index is 14.0. The predicted octanol–water partition coefficient (Wildman–Crippen LogP) is 2.98. The zero-order chi connectivity index (χ0) is 21.0. The van der Waals surface area contributed by atoms with Crippen LogP contribution in [0, 0.1) is 10.7 Å². The van der Waals surface area contributed by atoms with Crippen molar-refractivity contribution in [3.8, 4) is 5.88 Å². The molecule has 30 heavy (non-hydrogen) atoms. The number of aryl methyl sites for hydroxylation is 1. The van der Waals surface area contributed by atoms with E-state index in [9.17, 15) is 13.4 Å². The maximum absolute atomic E-state index is 14.0. The smallest absolute Gasteiger partial charge is 0.331 e. The van der Waals surface area contributed by atoms with Crippen LogP contribution in [0.15, 0.2) is 17.2 Å². The van der Waals surface area contributed by atoms with Crippen LogP contribution >= 0.6 is 0 Å². The molecule has 3 aliphatic rings. The Hall–Kier alpha value is -2.62. The fourth-order valence-electron chi connectivity index (χ4n) is 4.67. The van der Waals surface area contributed by atoms with Crippen molar-refractivity contribution in [2.24, 2.45) is 5.92 Å². The molecule has 0 spiro atoms. The van der Waals surface area contributed by atoms with Crippen LogP contribution in [-0.4, -0.2) is 32.8 Å². The molecule has 1 aromatic carbocycles. The van der Waals surface area contributed by atoms with Crippen LogP contribution in [0.2, 0.25) is 0 Å². The number of halogens is 1. The SMILES string of the molecule is C[C@@H]1COc2c([S@@](=N)(=O)NC(=O)Nc3c4c(cc5c3C[C@@H](F)C5)CCC4)cnn2C1. The Morgan fingerprint density at radius 2 is 2.17 bits per heavy atom. The molecule has 0 bridgehead atoms. The molecule has 2 heterocycles. The predicted molar refractivity (Wildman–Crippen MR) is 109 cm³/mol. The van der Waals surface area contributed by atoms with E-state index in [0.29, 0.717) is 25.3 Å². The van der Waals surface area contributed by atoms with Crippen LogP contribution in [0.25, 0.3) is 0 Å². The molecule has 10 heteroatoms. The molecule has 2 amide bonds. The number of carbonyl (C=O) groups excluding carboxylic acids is 1. The van der Waals surface area contributed by atoms with E-state index >= 15 is 0 Å². The molecule has 0 saturated heterocycles. The molecule has 1 aromatic heterocycles. The Morgan fingerprint density at radius 3 is 3.00 bits per heavy atom. The fourth-order valence-corrected chi connectivity index (χ4v) is 5.70. The van der Waals surface area contributed by atoms with Crippen molar-refractivity contribution in [3.05, 3.63) is 34.5 Å². The number of benzene rings is 1. The van der Waals surface area contributed by atoms with Gasteiger partial charge in [-0.05, 0) is 41.5 Å². The summed E-state index contributed by atoms with van der Waals surface area (Å²) in [5.41, 5.74) is 4.52. The van der Waals surface area contributed by atoms with Crippen molar-refractivity contribution in [2.45, 2.75) is 56.6 Å². The van der Waals surface area contributed by atoms with Crippen molar-refractivity contribution in [1.29, 1.82) is 4.78 Å². The van der Waals surface area contributed by atoms with Crippen LogP contribution in [0.1, 0.15) is 35.6 Å². The van der Waals surface area contributed by atoms with Crippen molar-refractivity contribution >= 4 is 21.6 Å². The van der Waals surface area contributed by atoms with Gasteiger partial charge in [-0.25, -0.2) is 27.6 Å². The summed E-state index contributed by atoms with van der Waals surface area (Å²) in [5, 5.41) is 6.93. The van der Waals surface area contributed by atoms with Gasteiger partial charge in [0, 0.05) is 24.4 Å². The van der Waals surface area contributed by atoms with Crippen molar-refractivity contribution in [3.63, 3.8) is 0 Å². The Balaban J connectivity index is 1.40. The molecule has 0 radical (unpaired) electrons. The third-order valence-electron chi connectivity index (χ3n) is 6.00. The maximum Gasteiger partial charge on any atom is 0.331 e. The van der Waals surface area contributed by atoms with Gasteiger partial charge in [-0.15, -0.1) is 0 Å². The zero-order valence-electron chi connectivity index (χ0n) is 16.7. The zero-order valence-corrected chi connectivity index (χ0v) is 17.5. The summed E-state index contributed by atoms with van der Waals surface area (Å²) >= 11 is 0. The van der Waals surface area contributed by atoms with Gasteiger partial charge < -0.3 is 10.1 Å². The largest absolute Gasteiger partial charge is 0.477 e. The van der Waals surface area contributed by atoms with Crippen molar-refractivity contribution in [2.75, 3.05) is 11.9 Å². The Bertz CT molecular complexity index is 1140. The third kappa shape index (κ3) is 3.23. The van der Waals surface area contributed by atoms with Gasteiger partial charge in [0.05, 0.1) is 19.3 Å². The average molecular weight is 434 g/mol. The molecular weight excluding hydrogens is 409 g/mol. The van der Waals surface area contributed by atoms with Crippen LogP contribution < -0.4 is 14.8 Å². The second-order valence-corrected chi connectivity index (χ2v) is 10.2. The molecule has 2 aromatic rings. The number of anilines is 1. The number of amides is 2. The number of nitrogens with zero attached hydrogens (tertiary/aromatic N) is 2.